The van der Waals surface area contributed by atoms with Gasteiger partial charge in [0.05, 0.1) is 0 Å². The Bertz CT molecular complexity index is 634. The number of hydrogen-bond donors (Lipinski definition) is 1. The molecule has 0 unspecified atom stereocenters. The summed E-state index contributed by atoms with van der Waals surface area (Å²) in [6.45, 7) is 3.11. The molecule has 21 heavy (non-hydrogen) atoms. The van der Waals surface area contributed by atoms with Crippen molar-refractivity contribution in [2.75, 3.05) is 6.54 Å². The summed E-state index contributed by atoms with van der Waals surface area (Å²) < 4.78 is 5.06. The van der Waals surface area contributed by atoms with E-state index in [1.54, 1.807) is 13.8 Å². The van der Waals surface area contributed by atoms with Crippen molar-refractivity contribution in [3.8, 4) is 11.3 Å². The fourth-order valence-electron chi connectivity index (χ4n) is 1.90. The van der Waals surface area contributed by atoms with Gasteiger partial charge in [0, 0.05) is 17.7 Å². The molecule has 0 aliphatic rings. The highest BCUT2D eigenvalue weighted by molar-refractivity contribution is 5.94. The summed E-state index contributed by atoms with van der Waals surface area (Å²) >= 11 is 0. The van der Waals surface area contributed by atoms with E-state index in [0.717, 1.165) is 5.56 Å². The van der Waals surface area contributed by atoms with Gasteiger partial charge in [-0.15, -0.1) is 0 Å². The standard InChI is InChI=1S/C15H16N2O4/c1-10(2)17(9-14(18)19)15(20)13-8-12(16-21-13)11-6-4-3-5-7-11/h3-8,10H,9H2,1-2H3,(H,18,19). The number of nitrogens with zero attached hydrogens (tertiary/aromatic N) is 2. The van der Waals surface area contributed by atoms with E-state index in [2.05, 4.69) is 5.16 Å². The Balaban J connectivity index is 2.23. The molecule has 0 fully saturated rings. The third-order valence-corrected chi connectivity index (χ3v) is 2.98. The van der Waals surface area contributed by atoms with Gasteiger partial charge in [-0.25, -0.2) is 0 Å². The third kappa shape index (κ3) is 3.47. The average Bonchev–Trinajstić information content (AvgIpc) is 2.94. The molecule has 0 aliphatic heterocycles. The smallest absolute Gasteiger partial charge is 0.323 e. The first-order chi connectivity index (χ1) is 9.99. The lowest BCUT2D eigenvalue weighted by atomic mass is 10.1. The van der Waals surface area contributed by atoms with Crippen molar-refractivity contribution < 1.29 is 19.2 Å². The predicted octanol–water partition coefficient (Wildman–Crippen LogP) is 2.28. The molecule has 0 aliphatic carbocycles. The van der Waals surface area contributed by atoms with Crippen LogP contribution in [0.3, 0.4) is 0 Å². The molecular formula is C15H16N2O4. The van der Waals surface area contributed by atoms with Crippen molar-refractivity contribution in [2.45, 2.75) is 19.9 Å². The van der Waals surface area contributed by atoms with Gasteiger partial charge in [0.2, 0.25) is 5.76 Å². The second-order valence-corrected chi connectivity index (χ2v) is 4.86. The molecule has 0 atom stereocenters. The summed E-state index contributed by atoms with van der Waals surface area (Å²) in [6.07, 6.45) is 0. The lowest BCUT2D eigenvalue weighted by Gasteiger charge is -2.23. The molecule has 1 heterocycles. The number of amides is 1. The van der Waals surface area contributed by atoms with Crippen LogP contribution in [0.25, 0.3) is 11.3 Å². The molecular weight excluding hydrogens is 272 g/mol. The zero-order valence-electron chi connectivity index (χ0n) is 11.8. The monoisotopic (exact) mass is 288 g/mol. The maximum Gasteiger partial charge on any atom is 0.323 e. The minimum absolute atomic E-state index is 0.0313. The summed E-state index contributed by atoms with van der Waals surface area (Å²) in [5.74, 6) is -1.52. The highest BCUT2D eigenvalue weighted by Crippen LogP contribution is 2.19. The van der Waals surface area contributed by atoms with E-state index in [1.807, 2.05) is 30.3 Å². The molecule has 6 nitrogen and oxygen atoms in total. The molecule has 0 saturated heterocycles. The van der Waals surface area contributed by atoms with Crippen LogP contribution in [0, 0.1) is 0 Å². The van der Waals surface area contributed by atoms with Gasteiger partial charge in [-0.3, -0.25) is 9.59 Å². The zero-order valence-corrected chi connectivity index (χ0v) is 11.8. The van der Waals surface area contributed by atoms with Crippen molar-refractivity contribution in [1.29, 1.82) is 0 Å². The zero-order chi connectivity index (χ0) is 15.4. The van der Waals surface area contributed by atoms with Crippen LogP contribution in [-0.4, -0.2) is 39.6 Å². The molecule has 110 valence electrons. The van der Waals surface area contributed by atoms with Crippen molar-refractivity contribution >= 4 is 11.9 Å². The summed E-state index contributed by atoms with van der Waals surface area (Å²) in [4.78, 5) is 24.4. The Kier molecular flexibility index (Phi) is 4.37. The van der Waals surface area contributed by atoms with Gasteiger partial charge >= 0.3 is 5.97 Å². The lowest BCUT2D eigenvalue weighted by molar-refractivity contribution is -0.138. The number of aliphatic carboxylic acids is 1. The highest BCUT2D eigenvalue weighted by Gasteiger charge is 2.25. The van der Waals surface area contributed by atoms with Crippen LogP contribution < -0.4 is 0 Å². The molecule has 0 radical (unpaired) electrons. The second kappa shape index (κ2) is 6.21. The summed E-state index contributed by atoms with van der Waals surface area (Å²) in [6, 6.07) is 10.6. The molecule has 0 spiro atoms. The molecule has 0 saturated carbocycles. The summed E-state index contributed by atoms with van der Waals surface area (Å²) in [5, 5.41) is 12.7. The van der Waals surface area contributed by atoms with E-state index in [-0.39, 0.29) is 18.3 Å². The average molecular weight is 288 g/mol. The van der Waals surface area contributed by atoms with Crippen LogP contribution in [0.4, 0.5) is 0 Å². The number of carboxylic acid groups (broad SMARTS) is 1. The van der Waals surface area contributed by atoms with Gasteiger partial charge in [-0.05, 0) is 13.8 Å². The first-order valence-electron chi connectivity index (χ1n) is 6.54. The molecule has 2 rings (SSSR count). The number of carbonyl (C=O) groups is 2. The van der Waals surface area contributed by atoms with Crippen LogP contribution >= 0.6 is 0 Å². The Labute approximate surface area is 122 Å². The van der Waals surface area contributed by atoms with Crippen LogP contribution in [0.1, 0.15) is 24.4 Å². The molecule has 2 aromatic rings. The van der Waals surface area contributed by atoms with E-state index in [1.165, 1.54) is 11.0 Å². The Morgan fingerprint density at radius 3 is 2.52 bits per heavy atom. The van der Waals surface area contributed by atoms with Crippen LogP contribution in [0.2, 0.25) is 0 Å². The van der Waals surface area contributed by atoms with Crippen LogP contribution in [0.5, 0.6) is 0 Å². The molecule has 1 amide bonds. The Morgan fingerprint density at radius 1 is 1.29 bits per heavy atom. The van der Waals surface area contributed by atoms with Gasteiger partial charge in [-0.2, -0.15) is 0 Å². The summed E-state index contributed by atoms with van der Waals surface area (Å²) in [5.41, 5.74) is 1.37. The van der Waals surface area contributed by atoms with E-state index in [4.69, 9.17) is 9.63 Å². The Morgan fingerprint density at radius 2 is 1.95 bits per heavy atom. The minimum atomic E-state index is -1.07. The molecule has 1 aromatic heterocycles. The highest BCUT2D eigenvalue weighted by atomic mass is 16.5. The first-order valence-corrected chi connectivity index (χ1v) is 6.54. The number of hydrogen-bond acceptors (Lipinski definition) is 4. The van der Waals surface area contributed by atoms with E-state index in [9.17, 15) is 9.59 Å². The number of rotatable bonds is 5. The van der Waals surface area contributed by atoms with Crippen molar-refractivity contribution in [3.63, 3.8) is 0 Å². The minimum Gasteiger partial charge on any atom is -0.480 e. The number of carboxylic acids is 1. The quantitative estimate of drug-likeness (QED) is 0.912. The number of aromatic nitrogens is 1. The van der Waals surface area contributed by atoms with Gasteiger partial charge < -0.3 is 14.5 Å². The van der Waals surface area contributed by atoms with E-state index < -0.39 is 11.9 Å². The van der Waals surface area contributed by atoms with Crippen molar-refractivity contribution in [1.82, 2.24) is 10.1 Å². The number of benzene rings is 1. The van der Waals surface area contributed by atoms with Crippen molar-refractivity contribution in [3.05, 3.63) is 42.2 Å². The Hall–Kier alpha value is -2.63. The molecule has 1 aromatic carbocycles. The van der Waals surface area contributed by atoms with Gasteiger partial charge in [0.25, 0.3) is 5.91 Å². The second-order valence-electron chi connectivity index (χ2n) is 4.86. The maximum atomic E-state index is 12.3. The largest absolute Gasteiger partial charge is 0.480 e. The van der Waals surface area contributed by atoms with Gasteiger partial charge in [0.15, 0.2) is 0 Å². The van der Waals surface area contributed by atoms with Crippen molar-refractivity contribution in [2.24, 2.45) is 0 Å². The fraction of sp³-hybridized carbons (Fsp3) is 0.267. The SMILES string of the molecule is CC(C)N(CC(=O)O)C(=O)c1cc(-c2ccccc2)no1. The number of carbonyl (C=O) groups excluding carboxylic acids is 1. The van der Waals surface area contributed by atoms with Gasteiger partial charge in [-0.1, -0.05) is 35.5 Å². The molecule has 6 heteroatoms. The van der Waals surface area contributed by atoms with E-state index >= 15 is 0 Å². The van der Waals surface area contributed by atoms with Gasteiger partial charge in [0.1, 0.15) is 12.2 Å². The molecule has 0 bridgehead atoms. The first kappa shape index (κ1) is 14.8. The van der Waals surface area contributed by atoms with Crippen LogP contribution in [0.15, 0.2) is 40.9 Å². The summed E-state index contributed by atoms with van der Waals surface area (Å²) in [7, 11) is 0. The fourth-order valence-corrected chi connectivity index (χ4v) is 1.90. The topological polar surface area (TPSA) is 83.6 Å². The van der Waals surface area contributed by atoms with Crippen LogP contribution in [-0.2, 0) is 4.79 Å². The third-order valence-electron chi connectivity index (χ3n) is 2.98. The molecule has 1 N–H and O–H groups in total. The lowest BCUT2D eigenvalue weighted by Crippen LogP contribution is -2.40. The predicted molar refractivity (Wildman–Crippen MR) is 75.7 cm³/mol. The maximum absolute atomic E-state index is 12.3. The normalized spacial score (nSPS) is 10.6. The van der Waals surface area contributed by atoms with E-state index in [0.29, 0.717) is 5.69 Å².